The van der Waals surface area contributed by atoms with E-state index in [9.17, 15) is 14.0 Å². The molecule has 0 bridgehead atoms. The first-order valence-electron chi connectivity index (χ1n) is 7.98. The Hall–Kier alpha value is -2.25. The van der Waals surface area contributed by atoms with Crippen LogP contribution in [0.3, 0.4) is 0 Å². The summed E-state index contributed by atoms with van der Waals surface area (Å²) in [6.45, 7) is -0.214. The van der Waals surface area contributed by atoms with Crippen molar-refractivity contribution in [1.29, 1.82) is 0 Å². The van der Waals surface area contributed by atoms with Crippen molar-refractivity contribution in [3.63, 3.8) is 0 Å². The largest absolute Gasteiger partial charge is 0.453 e. The molecule has 26 heavy (non-hydrogen) atoms. The molecular weight excluding hydrogens is 407 g/mol. The molecule has 2 aromatic carbocycles. The normalized spacial score (nSPS) is 25.3. The molecule has 2 aromatic rings. The summed E-state index contributed by atoms with van der Waals surface area (Å²) >= 11 is 3.14. The van der Waals surface area contributed by atoms with Gasteiger partial charge in [-0.15, -0.1) is 0 Å². The molecule has 0 aromatic heterocycles. The van der Waals surface area contributed by atoms with Gasteiger partial charge in [0.15, 0.2) is 12.2 Å². The van der Waals surface area contributed by atoms with Crippen LogP contribution in [0, 0.1) is 0 Å². The summed E-state index contributed by atoms with van der Waals surface area (Å²) in [7, 11) is 0. The minimum absolute atomic E-state index is 0.214. The van der Waals surface area contributed by atoms with Gasteiger partial charge in [0.2, 0.25) is 6.36 Å². The number of alkyl halides is 2. The molecule has 0 N–H and O–H groups in total. The Morgan fingerprint density at radius 1 is 0.923 bits per heavy atom. The summed E-state index contributed by atoms with van der Waals surface area (Å²) in [6, 6.07) is 16.7. The van der Waals surface area contributed by atoms with Gasteiger partial charge >= 0.3 is 11.9 Å². The van der Waals surface area contributed by atoms with Gasteiger partial charge in [-0.25, -0.2) is 14.0 Å². The standard InChI is InChI=1S/C19H16BrFO5/c20-15-16(26-19(23)13-9-5-2-6-10-13)14(11-24-17(15)21)25-18(22)12-7-3-1-4-8-12/h1-10,14-17H,11H2/t14-,15+,16-,17-/m0/s1. The summed E-state index contributed by atoms with van der Waals surface area (Å²) in [5.74, 6) is -1.23. The predicted octanol–water partition coefficient (Wildman–Crippen LogP) is 3.53. The Kier molecular flexibility index (Phi) is 6.00. The lowest BCUT2D eigenvalue weighted by Gasteiger charge is -2.36. The smallest absolute Gasteiger partial charge is 0.338 e. The number of ether oxygens (including phenoxy) is 3. The second-order valence-electron chi connectivity index (χ2n) is 5.67. The third kappa shape index (κ3) is 4.28. The van der Waals surface area contributed by atoms with Gasteiger partial charge in [0.25, 0.3) is 0 Å². The summed E-state index contributed by atoms with van der Waals surface area (Å²) in [6.07, 6.45) is -3.65. The molecule has 0 unspecified atom stereocenters. The van der Waals surface area contributed by atoms with Gasteiger partial charge in [-0.2, -0.15) is 0 Å². The SMILES string of the molecule is O=C(O[C@@H]1[C@@H](Br)[C@@H](F)OC[C@@H]1OC(=O)c1ccccc1)c1ccccc1. The molecule has 0 spiro atoms. The number of carbonyl (C=O) groups excluding carboxylic acids is 2. The van der Waals surface area contributed by atoms with Crippen LogP contribution in [0.5, 0.6) is 0 Å². The zero-order valence-electron chi connectivity index (χ0n) is 13.6. The van der Waals surface area contributed by atoms with E-state index in [1.165, 1.54) is 0 Å². The monoisotopic (exact) mass is 422 g/mol. The van der Waals surface area contributed by atoms with Crippen LogP contribution in [-0.4, -0.2) is 41.9 Å². The van der Waals surface area contributed by atoms with E-state index in [0.29, 0.717) is 11.1 Å². The van der Waals surface area contributed by atoms with Gasteiger partial charge in [-0.1, -0.05) is 52.3 Å². The molecule has 1 heterocycles. The quantitative estimate of drug-likeness (QED) is 0.557. The maximum absolute atomic E-state index is 13.9. The average molecular weight is 423 g/mol. The minimum atomic E-state index is -1.68. The van der Waals surface area contributed by atoms with E-state index in [2.05, 4.69) is 15.9 Å². The number of halogens is 2. The number of hydrogen-bond acceptors (Lipinski definition) is 5. The predicted molar refractivity (Wildman–Crippen MR) is 94.9 cm³/mol. The molecule has 5 nitrogen and oxygen atoms in total. The van der Waals surface area contributed by atoms with Gasteiger partial charge in [-0.3, -0.25) is 0 Å². The Bertz CT molecular complexity index is 755. The number of esters is 2. The van der Waals surface area contributed by atoms with Crippen LogP contribution in [-0.2, 0) is 14.2 Å². The highest BCUT2D eigenvalue weighted by molar-refractivity contribution is 9.09. The molecule has 0 saturated carbocycles. The highest BCUT2D eigenvalue weighted by atomic mass is 79.9. The van der Waals surface area contributed by atoms with E-state index in [1.807, 2.05) is 0 Å². The highest BCUT2D eigenvalue weighted by Gasteiger charge is 2.44. The Labute approximate surface area is 158 Å². The van der Waals surface area contributed by atoms with E-state index >= 15 is 0 Å². The molecule has 0 aliphatic carbocycles. The van der Waals surface area contributed by atoms with Crippen LogP contribution < -0.4 is 0 Å². The zero-order chi connectivity index (χ0) is 18.5. The van der Waals surface area contributed by atoms with Crippen molar-refractivity contribution in [2.24, 2.45) is 0 Å². The van der Waals surface area contributed by atoms with Crippen molar-refractivity contribution in [3.05, 3.63) is 71.8 Å². The molecule has 0 amide bonds. The first-order chi connectivity index (χ1) is 12.6. The van der Waals surface area contributed by atoms with Crippen LogP contribution in [0.1, 0.15) is 20.7 Å². The van der Waals surface area contributed by atoms with E-state index in [4.69, 9.17) is 14.2 Å². The van der Waals surface area contributed by atoms with Crippen molar-refractivity contribution in [2.45, 2.75) is 23.4 Å². The fourth-order valence-corrected chi connectivity index (χ4v) is 3.12. The molecule has 0 radical (unpaired) electrons. The fourth-order valence-electron chi connectivity index (χ4n) is 2.52. The van der Waals surface area contributed by atoms with Crippen LogP contribution in [0.25, 0.3) is 0 Å². The Balaban J connectivity index is 1.74. The van der Waals surface area contributed by atoms with Gasteiger partial charge in [0.05, 0.1) is 17.7 Å². The van der Waals surface area contributed by atoms with Crippen LogP contribution in [0.15, 0.2) is 60.7 Å². The fraction of sp³-hybridized carbons (Fsp3) is 0.263. The van der Waals surface area contributed by atoms with Gasteiger partial charge in [0.1, 0.15) is 4.83 Å². The highest BCUT2D eigenvalue weighted by Crippen LogP contribution is 2.28. The number of carbonyl (C=O) groups is 2. The summed E-state index contributed by atoms with van der Waals surface area (Å²) in [5, 5.41) is 0. The lowest BCUT2D eigenvalue weighted by Crippen LogP contribution is -2.52. The van der Waals surface area contributed by atoms with E-state index in [1.54, 1.807) is 60.7 Å². The lowest BCUT2D eigenvalue weighted by atomic mass is 10.1. The molecule has 1 fully saturated rings. The Morgan fingerprint density at radius 3 is 1.96 bits per heavy atom. The summed E-state index contributed by atoms with van der Waals surface area (Å²) < 4.78 is 29.7. The minimum Gasteiger partial charge on any atom is -0.453 e. The summed E-state index contributed by atoms with van der Waals surface area (Å²) in [5.41, 5.74) is 0.663. The second-order valence-corrected chi connectivity index (χ2v) is 6.73. The molecule has 7 heteroatoms. The topological polar surface area (TPSA) is 61.8 Å². The van der Waals surface area contributed by atoms with E-state index in [0.717, 1.165) is 0 Å². The number of hydrogen-bond donors (Lipinski definition) is 0. The van der Waals surface area contributed by atoms with Crippen LogP contribution >= 0.6 is 15.9 Å². The van der Waals surface area contributed by atoms with Gasteiger partial charge in [-0.05, 0) is 24.3 Å². The third-order valence-electron chi connectivity index (χ3n) is 3.87. The lowest BCUT2D eigenvalue weighted by molar-refractivity contribution is -0.159. The van der Waals surface area contributed by atoms with Crippen LogP contribution in [0.2, 0.25) is 0 Å². The Morgan fingerprint density at radius 2 is 1.42 bits per heavy atom. The number of rotatable bonds is 4. The molecule has 136 valence electrons. The number of benzene rings is 2. The first-order valence-corrected chi connectivity index (χ1v) is 8.89. The third-order valence-corrected chi connectivity index (χ3v) is 4.81. The molecule has 3 rings (SSSR count). The van der Waals surface area contributed by atoms with Crippen molar-refractivity contribution in [1.82, 2.24) is 0 Å². The second kappa shape index (κ2) is 8.42. The maximum Gasteiger partial charge on any atom is 0.338 e. The average Bonchev–Trinajstić information content (AvgIpc) is 2.68. The first kappa shape index (κ1) is 18.5. The molecule has 4 atom stereocenters. The summed E-state index contributed by atoms with van der Waals surface area (Å²) in [4.78, 5) is 23.6. The van der Waals surface area contributed by atoms with Crippen molar-refractivity contribution in [3.8, 4) is 0 Å². The van der Waals surface area contributed by atoms with E-state index in [-0.39, 0.29) is 6.61 Å². The van der Waals surface area contributed by atoms with Crippen molar-refractivity contribution < 1.29 is 28.2 Å². The van der Waals surface area contributed by atoms with Crippen molar-refractivity contribution in [2.75, 3.05) is 6.61 Å². The van der Waals surface area contributed by atoms with Gasteiger partial charge < -0.3 is 14.2 Å². The zero-order valence-corrected chi connectivity index (χ0v) is 15.2. The van der Waals surface area contributed by atoms with Crippen LogP contribution in [0.4, 0.5) is 4.39 Å². The van der Waals surface area contributed by atoms with Crippen molar-refractivity contribution >= 4 is 27.9 Å². The van der Waals surface area contributed by atoms with Gasteiger partial charge in [0, 0.05) is 0 Å². The molecule has 1 saturated heterocycles. The maximum atomic E-state index is 13.9. The molecule has 1 aliphatic rings. The van der Waals surface area contributed by atoms with E-state index < -0.39 is 35.3 Å². The molecular formula is C19H16BrFO5. The molecule has 1 aliphatic heterocycles.